The van der Waals surface area contributed by atoms with E-state index in [1.54, 1.807) is 4.90 Å². The summed E-state index contributed by atoms with van der Waals surface area (Å²) in [6.07, 6.45) is 0.572. The van der Waals surface area contributed by atoms with Crippen LogP contribution in [0.2, 0.25) is 0 Å². The summed E-state index contributed by atoms with van der Waals surface area (Å²) in [5, 5.41) is 3.24. The van der Waals surface area contributed by atoms with Gasteiger partial charge in [-0.1, -0.05) is 0 Å². The highest BCUT2D eigenvalue weighted by Gasteiger charge is 2.47. The van der Waals surface area contributed by atoms with Crippen LogP contribution in [0.4, 0.5) is 10.5 Å². The second-order valence-electron chi connectivity index (χ2n) is 5.10. The second kappa shape index (κ2) is 3.77. The lowest BCUT2D eigenvalue weighted by Gasteiger charge is -2.19. The van der Waals surface area contributed by atoms with Gasteiger partial charge in [0.2, 0.25) is 6.79 Å². The van der Waals surface area contributed by atoms with E-state index >= 15 is 0 Å². The monoisotopic (exact) mass is 262 g/mol. The Bertz CT molecular complexity index is 539. The summed E-state index contributed by atoms with van der Waals surface area (Å²) >= 11 is 0. The van der Waals surface area contributed by atoms with Crippen LogP contribution in [0, 0.1) is 0 Å². The zero-order valence-corrected chi connectivity index (χ0v) is 10.3. The lowest BCUT2D eigenvalue weighted by atomic mass is 10.0. The molecule has 6 heteroatoms. The van der Waals surface area contributed by atoms with E-state index in [1.807, 2.05) is 18.2 Å². The van der Waals surface area contributed by atoms with Crippen molar-refractivity contribution in [1.29, 1.82) is 0 Å². The van der Waals surface area contributed by atoms with Gasteiger partial charge < -0.3 is 19.5 Å². The topological polar surface area (TPSA) is 60.0 Å². The number of hydrogen-bond acceptors (Lipinski definition) is 5. The minimum absolute atomic E-state index is 0.233. The van der Waals surface area contributed by atoms with Crippen molar-refractivity contribution in [3.63, 3.8) is 0 Å². The Morgan fingerprint density at radius 1 is 1.26 bits per heavy atom. The Morgan fingerprint density at radius 3 is 3.00 bits per heavy atom. The van der Waals surface area contributed by atoms with Gasteiger partial charge in [0.25, 0.3) is 0 Å². The van der Waals surface area contributed by atoms with Crippen molar-refractivity contribution in [2.24, 2.45) is 0 Å². The number of nitrogens with zero attached hydrogens (tertiary/aromatic N) is 1. The third kappa shape index (κ3) is 1.63. The molecule has 2 saturated heterocycles. The third-order valence-corrected chi connectivity index (χ3v) is 3.84. The molecule has 1 atom stereocenters. The summed E-state index contributed by atoms with van der Waals surface area (Å²) in [4.78, 5) is 13.7. The molecule has 3 aliphatic rings. The number of rotatable bonds is 1. The molecule has 1 unspecified atom stereocenters. The first-order chi connectivity index (χ1) is 9.26. The first-order valence-electron chi connectivity index (χ1n) is 6.37. The molecule has 0 bridgehead atoms. The maximum atomic E-state index is 12.0. The quantitative estimate of drug-likeness (QED) is 0.821. The van der Waals surface area contributed by atoms with Crippen LogP contribution >= 0.6 is 0 Å². The van der Waals surface area contributed by atoms with Crippen molar-refractivity contribution in [3.05, 3.63) is 18.2 Å². The molecular weight excluding hydrogens is 248 g/mol. The molecular formula is C13H14N2O4. The largest absolute Gasteiger partial charge is 0.454 e. The number of ether oxygens (including phenoxy) is 3. The standard InChI is InChI=1S/C13H14N2O4/c16-12-15(7-13(19-12)3-4-14-6-13)9-1-2-10-11(5-9)18-8-17-10/h1-2,5,14H,3-4,6-8H2. The van der Waals surface area contributed by atoms with Gasteiger partial charge in [0.15, 0.2) is 11.5 Å². The van der Waals surface area contributed by atoms with E-state index in [1.165, 1.54) is 0 Å². The molecule has 19 heavy (non-hydrogen) atoms. The number of fused-ring (bicyclic) bond motifs is 1. The van der Waals surface area contributed by atoms with Gasteiger partial charge in [0.05, 0.1) is 12.2 Å². The lowest BCUT2D eigenvalue weighted by molar-refractivity contribution is 0.0733. The maximum absolute atomic E-state index is 12.0. The number of benzene rings is 1. The van der Waals surface area contributed by atoms with E-state index in [2.05, 4.69) is 5.32 Å². The first kappa shape index (κ1) is 10.9. The molecule has 1 aromatic carbocycles. The summed E-state index contributed by atoms with van der Waals surface area (Å²) in [6, 6.07) is 5.50. The van der Waals surface area contributed by atoms with Crippen molar-refractivity contribution in [3.8, 4) is 11.5 Å². The SMILES string of the molecule is O=C1OC2(CCNC2)CN1c1ccc2c(c1)OCO2. The highest BCUT2D eigenvalue weighted by Crippen LogP contribution is 2.38. The van der Waals surface area contributed by atoms with Crippen LogP contribution in [0.5, 0.6) is 11.5 Å². The van der Waals surface area contributed by atoms with Gasteiger partial charge in [-0.25, -0.2) is 4.79 Å². The van der Waals surface area contributed by atoms with E-state index in [0.717, 1.165) is 25.2 Å². The van der Waals surface area contributed by atoms with Crippen LogP contribution in [0.15, 0.2) is 18.2 Å². The molecule has 100 valence electrons. The van der Waals surface area contributed by atoms with E-state index in [-0.39, 0.29) is 18.5 Å². The predicted molar refractivity (Wildman–Crippen MR) is 66.6 cm³/mol. The minimum Gasteiger partial charge on any atom is -0.454 e. The maximum Gasteiger partial charge on any atom is 0.415 e. The van der Waals surface area contributed by atoms with Gasteiger partial charge >= 0.3 is 6.09 Å². The number of amides is 1. The summed E-state index contributed by atoms with van der Waals surface area (Å²) in [5.74, 6) is 1.39. The Hall–Kier alpha value is -1.95. The normalized spacial score (nSPS) is 28.2. The van der Waals surface area contributed by atoms with E-state index in [0.29, 0.717) is 18.0 Å². The second-order valence-corrected chi connectivity index (χ2v) is 5.10. The van der Waals surface area contributed by atoms with Gasteiger partial charge in [0, 0.05) is 19.0 Å². The fraction of sp³-hybridized carbons (Fsp3) is 0.462. The van der Waals surface area contributed by atoms with Crippen LogP contribution in [0.1, 0.15) is 6.42 Å². The van der Waals surface area contributed by atoms with Crippen LogP contribution in [0.3, 0.4) is 0 Å². The number of anilines is 1. The lowest BCUT2D eigenvalue weighted by Crippen LogP contribution is -2.36. The van der Waals surface area contributed by atoms with E-state index < -0.39 is 0 Å². The molecule has 0 radical (unpaired) electrons. The highest BCUT2D eigenvalue weighted by atomic mass is 16.7. The molecule has 1 spiro atoms. The van der Waals surface area contributed by atoms with Gasteiger partial charge in [-0.05, 0) is 18.7 Å². The Balaban J connectivity index is 1.64. The minimum atomic E-state index is -0.368. The van der Waals surface area contributed by atoms with Gasteiger partial charge in [-0.2, -0.15) is 0 Å². The molecule has 0 aliphatic carbocycles. The molecule has 6 nitrogen and oxygen atoms in total. The molecule has 1 amide bonds. The summed E-state index contributed by atoms with van der Waals surface area (Å²) in [5.41, 5.74) is 0.422. The smallest absolute Gasteiger partial charge is 0.415 e. The van der Waals surface area contributed by atoms with Crippen LogP contribution in [0.25, 0.3) is 0 Å². The van der Waals surface area contributed by atoms with Crippen LogP contribution < -0.4 is 19.7 Å². The molecule has 1 N–H and O–H groups in total. The number of carbonyl (C=O) groups is 1. The Morgan fingerprint density at radius 2 is 2.16 bits per heavy atom. The van der Waals surface area contributed by atoms with Crippen LogP contribution in [-0.2, 0) is 4.74 Å². The predicted octanol–water partition coefficient (Wildman–Crippen LogP) is 1.10. The van der Waals surface area contributed by atoms with Gasteiger partial charge in [-0.3, -0.25) is 4.90 Å². The zero-order valence-electron chi connectivity index (χ0n) is 10.3. The van der Waals surface area contributed by atoms with Crippen molar-refractivity contribution in [1.82, 2.24) is 5.32 Å². The molecule has 3 aliphatic heterocycles. The molecule has 3 heterocycles. The molecule has 1 aromatic rings. The average Bonchev–Trinajstić information content (AvgIpc) is 3.10. The average molecular weight is 262 g/mol. The number of hydrogen-bond donors (Lipinski definition) is 1. The molecule has 4 rings (SSSR count). The number of carbonyl (C=O) groups excluding carboxylic acids is 1. The zero-order chi connectivity index (χ0) is 12.9. The van der Waals surface area contributed by atoms with Crippen molar-refractivity contribution >= 4 is 11.8 Å². The van der Waals surface area contributed by atoms with Crippen molar-refractivity contribution < 1.29 is 19.0 Å². The molecule has 0 aromatic heterocycles. The van der Waals surface area contributed by atoms with Gasteiger partial charge in [-0.15, -0.1) is 0 Å². The van der Waals surface area contributed by atoms with Gasteiger partial charge in [0.1, 0.15) is 5.60 Å². The Kier molecular flexibility index (Phi) is 2.17. The molecule has 0 saturated carbocycles. The summed E-state index contributed by atoms with van der Waals surface area (Å²) in [7, 11) is 0. The van der Waals surface area contributed by atoms with Crippen molar-refractivity contribution in [2.45, 2.75) is 12.0 Å². The Labute approximate surface area is 110 Å². The van der Waals surface area contributed by atoms with Crippen molar-refractivity contribution in [2.75, 3.05) is 31.3 Å². The third-order valence-electron chi connectivity index (χ3n) is 3.84. The fourth-order valence-electron chi connectivity index (χ4n) is 2.82. The summed E-state index contributed by atoms with van der Waals surface area (Å²) in [6.45, 7) is 2.43. The first-order valence-corrected chi connectivity index (χ1v) is 6.37. The van der Waals surface area contributed by atoms with Crippen LogP contribution in [-0.4, -0.2) is 38.1 Å². The number of nitrogens with one attached hydrogen (secondary N) is 1. The summed E-state index contributed by atoms with van der Waals surface area (Å²) < 4.78 is 16.2. The van der Waals surface area contributed by atoms with E-state index in [9.17, 15) is 4.79 Å². The van der Waals surface area contributed by atoms with E-state index in [4.69, 9.17) is 14.2 Å². The molecule has 2 fully saturated rings. The highest BCUT2D eigenvalue weighted by molar-refractivity contribution is 5.91. The fourth-order valence-corrected chi connectivity index (χ4v) is 2.82.